The van der Waals surface area contributed by atoms with Crippen LogP contribution in [-0.4, -0.2) is 43.3 Å². The van der Waals surface area contributed by atoms with Crippen molar-refractivity contribution in [1.29, 1.82) is 0 Å². The third kappa shape index (κ3) is 5.29. The molecular formula is C20H26N2O3S. The van der Waals surface area contributed by atoms with E-state index in [1.165, 1.54) is 31.0 Å². The number of carbonyl (C=O) groups excluding carboxylic acids is 1. The van der Waals surface area contributed by atoms with Crippen molar-refractivity contribution in [1.82, 2.24) is 10.2 Å². The highest BCUT2D eigenvalue weighted by molar-refractivity contribution is 8.00. The fourth-order valence-electron chi connectivity index (χ4n) is 3.20. The number of thioether (sulfide) groups is 1. The summed E-state index contributed by atoms with van der Waals surface area (Å²) in [5.74, 6) is 2.19. The molecule has 6 heteroatoms. The molecule has 0 saturated carbocycles. The van der Waals surface area contributed by atoms with Gasteiger partial charge >= 0.3 is 0 Å². The second kappa shape index (κ2) is 9.69. The first-order valence-corrected chi connectivity index (χ1v) is 10.1. The van der Waals surface area contributed by atoms with Crippen molar-refractivity contribution >= 4 is 17.7 Å². The molecule has 1 unspecified atom stereocenters. The molecule has 26 heavy (non-hydrogen) atoms. The zero-order chi connectivity index (χ0) is 18.2. The molecule has 2 aromatic rings. The van der Waals surface area contributed by atoms with Crippen molar-refractivity contribution in [2.75, 3.05) is 32.5 Å². The number of rotatable bonds is 8. The van der Waals surface area contributed by atoms with Crippen LogP contribution in [0, 0.1) is 0 Å². The first-order valence-electron chi connectivity index (χ1n) is 9.07. The maximum absolute atomic E-state index is 12.3. The minimum Gasteiger partial charge on any atom is -0.497 e. The Labute approximate surface area is 159 Å². The van der Waals surface area contributed by atoms with Gasteiger partial charge in [0.2, 0.25) is 5.91 Å². The first-order chi connectivity index (χ1) is 12.8. The van der Waals surface area contributed by atoms with Crippen molar-refractivity contribution in [3.8, 4) is 5.75 Å². The molecule has 5 nitrogen and oxygen atoms in total. The summed E-state index contributed by atoms with van der Waals surface area (Å²) in [5, 5.41) is 3.08. The number of likely N-dealkylation sites (tertiary alicyclic amines) is 1. The van der Waals surface area contributed by atoms with Crippen LogP contribution in [0.4, 0.5) is 0 Å². The fourth-order valence-corrected chi connectivity index (χ4v) is 3.93. The number of ether oxygens (including phenoxy) is 1. The lowest BCUT2D eigenvalue weighted by Gasteiger charge is -2.33. The summed E-state index contributed by atoms with van der Waals surface area (Å²) < 4.78 is 10.8. The van der Waals surface area contributed by atoms with Gasteiger partial charge in [0.05, 0.1) is 25.2 Å². The zero-order valence-electron chi connectivity index (χ0n) is 15.1. The predicted molar refractivity (Wildman–Crippen MR) is 104 cm³/mol. The van der Waals surface area contributed by atoms with Crippen molar-refractivity contribution in [2.24, 2.45) is 0 Å². The Kier molecular flexibility index (Phi) is 7.03. The second-order valence-electron chi connectivity index (χ2n) is 6.40. The minimum absolute atomic E-state index is 0.0411. The van der Waals surface area contributed by atoms with Gasteiger partial charge in [-0.3, -0.25) is 9.69 Å². The van der Waals surface area contributed by atoms with Gasteiger partial charge in [-0.2, -0.15) is 0 Å². The number of nitrogens with zero attached hydrogens (tertiary/aromatic N) is 1. The Hall–Kier alpha value is -1.92. The highest BCUT2D eigenvalue weighted by Crippen LogP contribution is 2.25. The molecule has 3 rings (SSSR count). The molecule has 1 aliphatic heterocycles. The van der Waals surface area contributed by atoms with Crippen LogP contribution in [0.5, 0.6) is 5.75 Å². The van der Waals surface area contributed by atoms with E-state index in [1.807, 2.05) is 36.4 Å². The van der Waals surface area contributed by atoms with Gasteiger partial charge in [0.15, 0.2) is 0 Å². The van der Waals surface area contributed by atoms with Gasteiger partial charge in [-0.15, -0.1) is 11.8 Å². The fraction of sp³-hybridized carbons (Fsp3) is 0.450. The molecule has 2 heterocycles. The average Bonchev–Trinajstić information content (AvgIpc) is 3.22. The van der Waals surface area contributed by atoms with Crippen molar-refractivity contribution < 1.29 is 13.9 Å². The predicted octanol–water partition coefficient (Wildman–Crippen LogP) is 3.72. The molecule has 1 aliphatic rings. The largest absolute Gasteiger partial charge is 0.497 e. The van der Waals surface area contributed by atoms with Gasteiger partial charge in [-0.05, 0) is 62.3 Å². The van der Waals surface area contributed by atoms with Gasteiger partial charge in [-0.25, -0.2) is 0 Å². The number of methoxy groups -OCH3 is 1. The molecule has 0 spiro atoms. The summed E-state index contributed by atoms with van der Waals surface area (Å²) in [6.07, 6.45) is 5.40. The monoisotopic (exact) mass is 374 g/mol. The number of hydrogen-bond donors (Lipinski definition) is 1. The highest BCUT2D eigenvalue weighted by atomic mass is 32.2. The van der Waals surface area contributed by atoms with E-state index in [0.29, 0.717) is 12.3 Å². The van der Waals surface area contributed by atoms with Crippen molar-refractivity contribution in [3.05, 3.63) is 48.4 Å². The van der Waals surface area contributed by atoms with Gasteiger partial charge in [0.1, 0.15) is 11.5 Å². The molecule has 1 aromatic carbocycles. The first kappa shape index (κ1) is 18.9. The Morgan fingerprint density at radius 3 is 2.65 bits per heavy atom. The normalized spacial score (nSPS) is 16.2. The van der Waals surface area contributed by atoms with E-state index in [1.54, 1.807) is 13.4 Å². The number of furan rings is 1. The highest BCUT2D eigenvalue weighted by Gasteiger charge is 2.24. The molecule has 1 aromatic heterocycles. The lowest BCUT2D eigenvalue weighted by atomic mass is 10.1. The van der Waals surface area contributed by atoms with Gasteiger partial charge < -0.3 is 14.5 Å². The molecule has 0 radical (unpaired) electrons. The lowest BCUT2D eigenvalue weighted by molar-refractivity contribution is -0.118. The molecule has 1 atom stereocenters. The van der Waals surface area contributed by atoms with Crippen LogP contribution >= 0.6 is 11.8 Å². The van der Waals surface area contributed by atoms with Gasteiger partial charge in [0.25, 0.3) is 0 Å². The Bertz CT molecular complexity index is 667. The van der Waals surface area contributed by atoms with E-state index >= 15 is 0 Å². The average molecular weight is 375 g/mol. The third-order valence-electron chi connectivity index (χ3n) is 4.62. The summed E-state index contributed by atoms with van der Waals surface area (Å²) in [6, 6.07) is 11.8. The van der Waals surface area contributed by atoms with E-state index in [4.69, 9.17) is 9.15 Å². The topological polar surface area (TPSA) is 54.7 Å². The Balaban J connectivity index is 1.50. The zero-order valence-corrected chi connectivity index (χ0v) is 16.0. The number of amides is 1. The van der Waals surface area contributed by atoms with Crippen molar-refractivity contribution in [2.45, 2.75) is 30.2 Å². The van der Waals surface area contributed by atoms with E-state index in [9.17, 15) is 4.79 Å². The molecule has 1 fully saturated rings. The van der Waals surface area contributed by atoms with Crippen LogP contribution in [0.2, 0.25) is 0 Å². The number of benzene rings is 1. The summed E-state index contributed by atoms with van der Waals surface area (Å²) in [6.45, 7) is 2.69. The van der Waals surface area contributed by atoms with E-state index in [-0.39, 0.29) is 11.9 Å². The Morgan fingerprint density at radius 2 is 2.00 bits per heavy atom. The number of nitrogens with one attached hydrogen (secondary N) is 1. The summed E-state index contributed by atoms with van der Waals surface area (Å²) in [5.41, 5.74) is 0. The standard InChI is InChI=1S/C20H26N2O3S/c1-24-16-7-9-17(10-8-16)26-15-20(23)21-14-18(19-6-5-13-25-19)22-11-3-2-4-12-22/h5-10,13,18H,2-4,11-12,14-15H2,1H3,(H,21,23). The second-order valence-corrected chi connectivity index (χ2v) is 7.44. The SMILES string of the molecule is COc1ccc(SCC(=O)NCC(c2ccco2)N2CCCCC2)cc1. The minimum atomic E-state index is 0.0411. The molecule has 0 aliphatic carbocycles. The van der Waals surface area contributed by atoms with Crippen LogP contribution < -0.4 is 10.1 Å². The van der Waals surface area contributed by atoms with E-state index in [2.05, 4.69) is 10.2 Å². The molecule has 1 N–H and O–H groups in total. The van der Waals surface area contributed by atoms with Crippen LogP contribution in [0.25, 0.3) is 0 Å². The summed E-state index contributed by atoms with van der Waals surface area (Å²) >= 11 is 1.53. The maximum Gasteiger partial charge on any atom is 0.230 e. The molecule has 0 bridgehead atoms. The number of piperidine rings is 1. The third-order valence-corrected chi connectivity index (χ3v) is 5.64. The van der Waals surface area contributed by atoms with E-state index < -0.39 is 0 Å². The molecular weight excluding hydrogens is 348 g/mol. The smallest absolute Gasteiger partial charge is 0.230 e. The van der Waals surface area contributed by atoms with Gasteiger partial charge in [-0.1, -0.05) is 6.42 Å². The number of carbonyl (C=O) groups is 1. The van der Waals surface area contributed by atoms with Crippen LogP contribution in [0.15, 0.2) is 52.0 Å². The molecule has 1 saturated heterocycles. The molecule has 1 amide bonds. The summed E-state index contributed by atoms with van der Waals surface area (Å²) in [7, 11) is 1.65. The number of hydrogen-bond acceptors (Lipinski definition) is 5. The maximum atomic E-state index is 12.3. The van der Waals surface area contributed by atoms with Crippen LogP contribution in [-0.2, 0) is 4.79 Å². The van der Waals surface area contributed by atoms with E-state index in [0.717, 1.165) is 29.5 Å². The van der Waals surface area contributed by atoms with Crippen LogP contribution in [0.1, 0.15) is 31.1 Å². The quantitative estimate of drug-likeness (QED) is 0.714. The van der Waals surface area contributed by atoms with Gasteiger partial charge in [0, 0.05) is 11.4 Å². The lowest BCUT2D eigenvalue weighted by Crippen LogP contribution is -2.40. The van der Waals surface area contributed by atoms with Crippen molar-refractivity contribution in [3.63, 3.8) is 0 Å². The van der Waals surface area contributed by atoms with Crippen LogP contribution in [0.3, 0.4) is 0 Å². The molecule has 140 valence electrons. The summed E-state index contributed by atoms with van der Waals surface area (Å²) in [4.78, 5) is 15.8. The Morgan fingerprint density at radius 1 is 1.23 bits per heavy atom.